The molecule has 0 aliphatic carbocycles. The highest BCUT2D eigenvalue weighted by molar-refractivity contribution is 5.78. The first-order chi connectivity index (χ1) is 11.3. The Labute approximate surface area is 143 Å². The smallest absolute Gasteiger partial charge is 0.226 e. The van der Waals surface area contributed by atoms with Gasteiger partial charge in [-0.3, -0.25) is 4.79 Å². The average Bonchev–Trinajstić information content (AvgIpc) is 2.88. The van der Waals surface area contributed by atoms with Crippen LogP contribution in [-0.4, -0.2) is 31.2 Å². The largest absolute Gasteiger partial charge is 0.441 e. The van der Waals surface area contributed by atoms with Crippen molar-refractivity contribution in [2.24, 2.45) is 0 Å². The molecule has 1 aromatic carbocycles. The molecule has 0 spiro atoms. The van der Waals surface area contributed by atoms with Crippen molar-refractivity contribution in [2.45, 2.75) is 39.5 Å². The summed E-state index contributed by atoms with van der Waals surface area (Å²) in [5, 5.41) is 2.79. The molecule has 0 saturated heterocycles. The molecule has 24 heavy (non-hydrogen) atoms. The highest BCUT2D eigenvalue weighted by Crippen LogP contribution is 2.27. The van der Waals surface area contributed by atoms with Crippen LogP contribution in [0.2, 0.25) is 0 Å². The Morgan fingerprint density at radius 3 is 2.50 bits per heavy atom. The lowest BCUT2D eigenvalue weighted by Crippen LogP contribution is -2.28. The van der Waals surface area contributed by atoms with Gasteiger partial charge in [-0.15, -0.1) is 0 Å². The number of ether oxygens (including phenoxy) is 1. The van der Waals surface area contributed by atoms with Gasteiger partial charge in [0.1, 0.15) is 5.76 Å². The van der Waals surface area contributed by atoms with Crippen LogP contribution in [0.15, 0.2) is 28.7 Å². The average molecular weight is 330 g/mol. The molecule has 130 valence electrons. The SMILES string of the molecule is COCCNC(=O)Cc1nc(-c2ccc(C(C)(C)C)cc2)oc1C. The van der Waals surface area contributed by atoms with Crippen molar-refractivity contribution in [1.82, 2.24) is 10.3 Å². The molecule has 0 unspecified atom stereocenters. The Balaban J connectivity index is 2.09. The van der Waals surface area contributed by atoms with E-state index in [0.29, 0.717) is 30.5 Å². The Morgan fingerprint density at radius 2 is 1.92 bits per heavy atom. The first kappa shape index (κ1) is 18.2. The first-order valence-corrected chi connectivity index (χ1v) is 8.14. The zero-order chi connectivity index (χ0) is 17.7. The van der Waals surface area contributed by atoms with E-state index in [0.717, 1.165) is 5.56 Å². The zero-order valence-electron chi connectivity index (χ0n) is 15.1. The van der Waals surface area contributed by atoms with Crippen molar-refractivity contribution in [3.8, 4) is 11.5 Å². The summed E-state index contributed by atoms with van der Waals surface area (Å²) in [7, 11) is 1.60. The van der Waals surface area contributed by atoms with Crippen LogP contribution in [0.3, 0.4) is 0 Å². The lowest BCUT2D eigenvalue weighted by Gasteiger charge is -2.18. The molecular formula is C19H26N2O3. The van der Waals surface area contributed by atoms with Gasteiger partial charge in [-0.05, 0) is 30.0 Å². The molecular weight excluding hydrogens is 304 g/mol. The number of aromatic nitrogens is 1. The topological polar surface area (TPSA) is 64.4 Å². The van der Waals surface area contributed by atoms with Gasteiger partial charge in [-0.1, -0.05) is 32.9 Å². The van der Waals surface area contributed by atoms with Crippen LogP contribution in [0.25, 0.3) is 11.5 Å². The number of nitrogens with one attached hydrogen (secondary N) is 1. The summed E-state index contributed by atoms with van der Waals surface area (Å²) in [6.07, 6.45) is 0.207. The number of amides is 1. The van der Waals surface area contributed by atoms with Gasteiger partial charge in [0.25, 0.3) is 0 Å². The summed E-state index contributed by atoms with van der Waals surface area (Å²) in [5.41, 5.74) is 2.94. The third kappa shape index (κ3) is 4.68. The van der Waals surface area contributed by atoms with E-state index in [1.54, 1.807) is 7.11 Å². The minimum Gasteiger partial charge on any atom is -0.441 e. The van der Waals surface area contributed by atoms with Crippen LogP contribution in [0.4, 0.5) is 0 Å². The predicted molar refractivity (Wildman–Crippen MR) is 94.0 cm³/mol. The van der Waals surface area contributed by atoms with Crippen molar-refractivity contribution in [1.29, 1.82) is 0 Å². The Hall–Kier alpha value is -2.14. The van der Waals surface area contributed by atoms with Crippen molar-refractivity contribution in [3.63, 3.8) is 0 Å². The monoisotopic (exact) mass is 330 g/mol. The van der Waals surface area contributed by atoms with E-state index in [1.165, 1.54) is 5.56 Å². The summed E-state index contributed by atoms with van der Waals surface area (Å²) in [5.74, 6) is 1.14. The maximum atomic E-state index is 11.9. The fraction of sp³-hybridized carbons (Fsp3) is 0.474. The van der Waals surface area contributed by atoms with Crippen LogP contribution in [0.5, 0.6) is 0 Å². The number of oxazole rings is 1. The first-order valence-electron chi connectivity index (χ1n) is 8.14. The molecule has 0 fully saturated rings. The van der Waals surface area contributed by atoms with E-state index in [9.17, 15) is 4.79 Å². The lowest BCUT2D eigenvalue weighted by atomic mass is 9.87. The second-order valence-corrected chi connectivity index (χ2v) is 6.87. The third-order valence-electron chi connectivity index (χ3n) is 3.85. The molecule has 0 aliphatic rings. The van der Waals surface area contributed by atoms with E-state index in [2.05, 4.69) is 43.2 Å². The second-order valence-electron chi connectivity index (χ2n) is 6.87. The third-order valence-corrected chi connectivity index (χ3v) is 3.85. The molecule has 5 nitrogen and oxygen atoms in total. The van der Waals surface area contributed by atoms with Gasteiger partial charge in [0.15, 0.2) is 0 Å². The minimum atomic E-state index is -0.0851. The molecule has 5 heteroatoms. The zero-order valence-corrected chi connectivity index (χ0v) is 15.1. The van der Waals surface area contributed by atoms with Gasteiger partial charge >= 0.3 is 0 Å². The Kier molecular flexibility index (Phi) is 5.78. The number of carbonyl (C=O) groups is 1. The van der Waals surface area contributed by atoms with Crippen molar-refractivity contribution >= 4 is 5.91 Å². The minimum absolute atomic E-state index is 0.0851. The Morgan fingerprint density at radius 1 is 1.25 bits per heavy atom. The number of nitrogens with zero attached hydrogens (tertiary/aromatic N) is 1. The number of hydrogen-bond donors (Lipinski definition) is 1. The molecule has 0 bridgehead atoms. The maximum Gasteiger partial charge on any atom is 0.226 e. The van der Waals surface area contributed by atoms with Crippen LogP contribution in [0.1, 0.15) is 37.8 Å². The molecule has 2 aromatic rings. The van der Waals surface area contributed by atoms with E-state index < -0.39 is 0 Å². The molecule has 1 aromatic heterocycles. The van der Waals surface area contributed by atoms with Gasteiger partial charge in [0.2, 0.25) is 11.8 Å². The molecule has 0 radical (unpaired) electrons. The van der Waals surface area contributed by atoms with Gasteiger partial charge < -0.3 is 14.5 Å². The number of hydrogen-bond acceptors (Lipinski definition) is 4. The van der Waals surface area contributed by atoms with E-state index in [-0.39, 0.29) is 17.7 Å². The molecule has 1 heterocycles. The predicted octanol–water partition coefficient (Wildman–Crippen LogP) is 3.25. The molecule has 0 aliphatic heterocycles. The van der Waals surface area contributed by atoms with Gasteiger partial charge in [0, 0.05) is 19.2 Å². The maximum absolute atomic E-state index is 11.9. The van der Waals surface area contributed by atoms with Crippen LogP contribution >= 0.6 is 0 Å². The fourth-order valence-corrected chi connectivity index (χ4v) is 2.34. The molecule has 0 atom stereocenters. The number of methoxy groups -OCH3 is 1. The van der Waals surface area contributed by atoms with Gasteiger partial charge in [-0.25, -0.2) is 4.98 Å². The highest BCUT2D eigenvalue weighted by atomic mass is 16.5. The lowest BCUT2D eigenvalue weighted by molar-refractivity contribution is -0.120. The normalized spacial score (nSPS) is 11.5. The van der Waals surface area contributed by atoms with E-state index >= 15 is 0 Å². The molecule has 1 N–H and O–H groups in total. The number of rotatable bonds is 6. The number of aryl methyl sites for hydroxylation is 1. The molecule has 0 saturated carbocycles. The van der Waals surface area contributed by atoms with Crippen LogP contribution in [-0.2, 0) is 21.4 Å². The summed E-state index contributed by atoms with van der Waals surface area (Å²) in [6, 6.07) is 8.20. The van der Waals surface area contributed by atoms with Crippen LogP contribution < -0.4 is 5.32 Å². The standard InChI is InChI=1S/C19H26N2O3/c1-13-16(12-17(22)20-10-11-23-5)21-18(24-13)14-6-8-15(9-7-14)19(2,3)4/h6-9H,10-12H2,1-5H3,(H,20,22). The molecule has 1 amide bonds. The van der Waals surface area contributed by atoms with Crippen molar-refractivity contribution in [3.05, 3.63) is 41.3 Å². The van der Waals surface area contributed by atoms with Gasteiger partial charge in [-0.2, -0.15) is 0 Å². The van der Waals surface area contributed by atoms with E-state index in [1.807, 2.05) is 19.1 Å². The Bertz CT molecular complexity index is 682. The molecule has 2 rings (SSSR count). The summed E-state index contributed by atoms with van der Waals surface area (Å²) in [6.45, 7) is 9.35. The number of carbonyl (C=O) groups excluding carboxylic acids is 1. The summed E-state index contributed by atoms with van der Waals surface area (Å²) in [4.78, 5) is 16.4. The van der Waals surface area contributed by atoms with Crippen LogP contribution in [0, 0.1) is 6.92 Å². The fourth-order valence-electron chi connectivity index (χ4n) is 2.34. The summed E-state index contributed by atoms with van der Waals surface area (Å²) < 4.78 is 10.6. The van der Waals surface area contributed by atoms with Crippen molar-refractivity contribution in [2.75, 3.05) is 20.3 Å². The van der Waals surface area contributed by atoms with Crippen molar-refractivity contribution < 1.29 is 13.9 Å². The van der Waals surface area contributed by atoms with E-state index in [4.69, 9.17) is 9.15 Å². The van der Waals surface area contributed by atoms with Gasteiger partial charge in [0.05, 0.1) is 18.7 Å². The second kappa shape index (κ2) is 7.62. The summed E-state index contributed by atoms with van der Waals surface area (Å²) >= 11 is 0. The number of benzene rings is 1. The quantitative estimate of drug-likeness (QED) is 0.826. The highest BCUT2D eigenvalue weighted by Gasteiger charge is 2.16.